The molecular weight excluding hydrogens is 230 g/mol. The van der Waals surface area contributed by atoms with Gasteiger partial charge in [0.25, 0.3) is 0 Å². The zero-order valence-electron chi connectivity index (χ0n) is 10.7. The van der Waals surface area contributed by atoms with Crippen LogP contribution in [0.5, 0.6) is 0 Å². The van der Waals surface area contributed by atoms with Gasteiger partial charge in [-0.1, -0.05) is 0 Å². The summed E-state index contributed by atoms with van der Waals surface area (Å²) < 4.78 is 0. The lowest BCUT2D eigenvalue weighted by Gasteiger charge is -2.38. The standard InChI is InChI=1S/C13H21N3O2/c17-12-10-4-2-6-16(11(10)8-15-12)13(18)9-3-1-5-14-7-9/h9-11,14H,1-8H2,(H,15,17)/t9-,10?,11?/m1/s1. The van der Waals surface area contributed by atoms with Crippen LogP contribution >= 0.6 is 0 Å². The summed E-state index contributed by atoms with van der Waals surface area (Å²) >= 11 is 0. The number of likely N-dealkylation sites (tertiary alicyclic amines) is 1. The van der Waals surface area contributed by atoms with Crippen LogP contribution < -0.4 is 10.6 Å². The molecule has 3 rings (SSSR count). The van der Waals surface area contributed by atoms with Crippen molar-refractivity contribution in [3.05, 3.63) is 0 Å². The monoisotopic (exact) mass is 251 g/mol. The molecular formula is C13H21N3O2. The van der Waals surface area contributed by atoms with Crippen LogP contribution in [0.15, 0.2) is 0 Å². The van der Waals surface area contributed by atoms with Gasteiger partial charge in [0, 0.05) is 19.6 Å². The van der Waals surface area contributed by atoms with Crippen LogP contribution in [-0.4, -0.2) is 48.9 Å². The lowest BCUT2D eigenvalue weighted by atomic mass is 9.89. The number of hydrogen-bond acceptors (Lipinski definition) is 3. The van der Waals surface area contributed by atoms with Gasteiger partial charge in [-0.3, -0.25) is 9.59 Å². The Hall–Kier alpha value is -1.10. The third-order valence-electron chi connectivity index (χ3n) is 4.53. The maximum absolute atomic E-state index is 12.5. The van der Waals surface area contributed by atoms with Crippen molar-refractivity contribution in [3.8, 4) is 0 Å². The summed E-state index contributed by atoms with van der Waals surface area (Å²) in [7, 11) is 0. The highest BCUT2D eigenvalue weighted by Gasteiger charge is 2.43. The normalized spacial score (nSPS) is 36.1. The fourth-order valence-electron chi connectivity index (χ4n) is 3.52. The third-order valence-corrected chi connectivity index (χ3v) is 4.53. The molecule has 2 unspecified atom stereocenters. The van der Waals surface area contributed by atoms with Crippen molar-refractivity contribution < 1.29 is 9.59 Å². The smallest absolute Gasteiger partial charge is 0.227 e. The molecule has 0 spiro atoms. The molecule has 3 fully saturated rings. The first-order valence-electron chi connectivity index (χ1n) is 7.06. The third kappa shape index (κ3) is 2.00. The van der Waals surface area contributed by atoms with E-state index >= 15 is 0 Å². The van der Waals surface area contributed by atoms with Crippen LogP contribution in [0, 0.1) is 11.8 Å². The van der Waals surface area contributed by atoms with E-state index in [-0.39, 0.29) is 29.7 Å². The Morgan fingerprint density at radius 3 is 2.89 bits per heavy atom. The van der Waals surface area contributed by atoms with Crippen LogP contribution in [0.3, 0.4) is 0 Å². The molecule has 5 nitrogen and oxygen atoms in total. The summed E-state index contributed by atoms with van der Waals surface area (Å²) in [6.45, 7) is 3.30. The summed E-state index contributed by atoms with van der Waals surface area (Å²) in [4.78, 5) is 26.2. The zero-order chi connectivity index (χ0) is 12.5. The number of hydrogen-bond donors (Lipinski definition) is 2. The van der Waals surface area contributed by atoms with E-state index < -0.39 is 0 Å². The highest BCUT2D eigenvalue weighted by molar-refractivity contribution is 5.85. The van der Waals surface area contributed by atoms with Gasteiger partial charge in [-0.25, -0.2) is 0 Å². The van der Waals surface area contributed by atoms with Gasteiger partial charge in [-0.15, -0.1) is 0 Å². The number of nitrogens with one attached hydrogen (secondary N) is 2. The van der Waals surface area contributed by atoms with E-state index in [0.29, 0.717) is 6.54 Å². The Kier molecular flexibility index (Phi) is 3.24. The minimum atomic E-state index is 0.0410. The first-order chi connectivity index (χ1) is 8.77. The first-order valence-corrected chi connectivity index (χ1v) is 7.06. The number of fused-ring (bicyclic) bond motifs is 1. The largest absolute Gasteiger partial charge is 0.354 e. The summed E-state index contributed by atoms with van der Waals surface area (Å²) in [5.41, 5.74) is 0. The molecule has 3 atom stereocenters. The molecule has 2 N–H and O–H groups in total. The maximum Gasteiger partial charge on any atom is 0.227 e. The van der Waals surface area contributed by atoms with Gasteiger partial charge in [0.05, 0.1) is 17.9 Å². The van der Waals surface area contributed by atoms with Crippen molar-refractivity contribution in [2.75, 3.05) is 26.2 Å². The molecule has 5 heteroatoms. The molecule has 18 heavy (non-hydrogen) atoms. The number of nitrogens with zero attached hydrogens (tertiary/aromatic N) is 1. The molecule has 0 aliphatic carbocycles. The molecule has 3 saturated heterocycles. The van der Waals surface area contributed by atoms with E-state index in [1.165, 1.54) is 0 Å². The second-order valence-corrected chi connectivity index (χ2v) is 5.64. The van der Waals surface area contributed by atoms with E-state index in [9.17, 15) is 9.59 Å². The van der Waals surface area contributed by atoms with Crippen molar-refractivity contribution >= 4 is 11.8 Å². The molecule has 0 bridgehead atoms. The molecule has 100 valence electrons. The van der Waals surface area contributed by atoms with Gasteiger partial charge < -0.3 is 15.5 Å². The van der Waals surface area contributed by atoms with Crippen LogP contribution in [0.2, 0.25) is 0 Å². The second kappa shape index (κ2) is 4.88. The molecule has 3 aliphatic heterocycles. The van der Waals surface area contributed by atoms with E-state index in [0.717, 1.165) is 45.3 Å². The maximum atomic E-state index is 12.5. The molecule has 0 saturated carbocycles. The highest BCUT2D eigenvalue weighted by Crippen LogP contribution is 2.29. The minimum Gasteiger partial charge on any atom is -0.354 e. The Bertz CT molecular complexity index is 352. The lowest BCUT2D eigenvalue weighted by molar-refractivity contribution is -0.141. The molecule has 0 aromatic rings. The van der Waals surface area contributed by atoms with Gasteiger partial charge in [0.1, 0.15) is 0 Å². The number of piperidine rings is 2. The van der Waals surface area contributed by atoms with Gasteiger partial charge in [0.2, 0.25) is 11.8 Å². The Balaban J connectivity index is 1.70. The predicted molar refractivity (Wildman–Crippen MR) is 66.8 cm³/mol. The van der Waals surface area contributed by atoms with E-state index in [1.807, 2.05) is 4.90 Å². The zero-order valence-corrected chi connectivity index (χ0v) is 10.7. The van der Waals surface area contributed by atoms with Crippen LogP contribution in [0.4, 0.5) is 0 Å². The van der Waals surface area contributed by atoms with Gasteiger partial charge in [0.15, 0.2) is 0 Å². The quantitative estimate of drug-likeness (QED) is 0.674. The van der Waals surface area contributed by atoms with Crippen LogP contribution in [-0.2, 0) is 9.59 Å². The average molecular weight is 251 g/mol. The summed E-state index contributed by atoms with van der Waals surface area (Å²) in [5.74, 6) is 0.556. The average Bonchev–Trinajstić information content (AvgIpc) is 2.81. The highest BCUT2D eigenvalue weighted by atomic mass is 16.2. The molecule has 0 aromatic carbocycles. The summed E-state index contributed by atoms with van der Waals surface area (Å²) in [5, 5.41) is 6.19. The fourth-order valence-corrected chi connectivity index (χ4v) is 3.52. The Morgan fingerprint density at radius 2 is 2.11 bits per heavy atom. The first kappa shape index (κ1) is 12.0. The van der Waals surface area contributed by atoms with Crippen molar-refractivity contribution in [3.63, 3.8) is 0 Å². The van der Waals surface area contributed by atoms with Crippen molar-refractivity contribution in [1.82, 2.24) is 15.5 Å². The summed E-state index contributed by atoms with van der Waals surface area (Å²) in [6.07, 6.45) is 3.96. The van der Waals surface area contributed by atoms with Crippen molar-refractivity contribution in [2.24, 2.45) is 11.8 Å². The van der Waals surface area contributed by atoms with Gasteiger partial charge >= 0.3 is 0 Å². The van der Waals surface area contributed by atoms with Crippen molar-refractivity contribution in [2.45, 2.75) is 31.7 Å². The van der Waals surface area contributed by atoms with E-state index in [4.69, 9.17) is 0 Å². The van der Waals surface area contributed by atoms with Gasteiger partial charge in [-0.2, -0.15) is 0 Å². The van der Waals surface area contributed by atoms with Crippen molar-refractivity contribution in [1.29, 1.82) is 0 Å². The molecule has 0 aromatic heterocycles. The number of carbonyl (C=O) groups excluding carboxylic acids is 2. The number of rotatable bonds is 1. The predicted octanol–water partition coefficient (Wildman–Crippen LogP) is -0.277. The van der Waals surface area contributed by atoms with Crippen LogP contribution in [0.1, 0.15) is 25.7 Å². The fraction of sp³-hybridized carbons (Fsp3) is 0.846. The second-order valence-electron chi connectivity index (χ2n) is 5.64. The lowest BCUT2D eigenvalue weighted by Crippen LogP contribution is -2.52. The SMILES string of the molecule is O=C1NCC2C1CCCN2C(=O)[C@@H]1CCCNC1. The topological polar surface area (TPSA) is 61.4 Å². The van der Waals surface area contributed by atoms with E-state index in [1.54, 1.807) is 0 Å². The number of amides is 2. The Morgan fingerprint density at radius 1 is 1.22 bits per heavy atom. The minimum absolute atomic E-state index is 0.0410. The molecule has 0 radical (unpaired) electrons. The van der Waals surface area contributed by atoms with E-state index in [2.05, 4.69) is 10.6 Å². The van der Waals surface area contributed by atoms with Gasteiger partial charge in [-0.05, 0) is 32.2 Å². The summed E-state index contributed by atoms with van der Waals surface area (Å²) in [6, 6.07) is 0.112. The number of carbonyl (C=O) groups is 2. The molecule has 3 aliphatic rings. The molecule has 2 amide bonds. The molecule has 3 heterocycles. The van der Waals surface area contributed by atoms with Crippen LogP contribution in [0.25, 0.3) is 0 Å². The Labute approximate surface area is 107 Å².